The Bertz CT molecular complexity index is 553. The minimum absolute atomic E-state index is 0.0248. The van der Waals surface area contributed by atoms with Gasteiger partial charge in [-0.3, -0.25) is 4.79 Å². The van der Waals surface area contributed by atoms with Crippen LogP contribution in [0.2, 0.25) is 10.0 Å². The minimum Gasteiger partial charge on any atom is -0.482 e. The molecule has 2 bridgehead atoms. The molecule has 6 heteroatoms. The molecular weight excluding hydrogens is 323 g/mol. The molecule has 4 nitrogen and oxygen atoms in total. The Kier molecular flexibility index (Phi) is 4.81. The van der Waals surface area contributed by atoms with Crippen LogP contribution in [0.25, 0.3) is 0 Å². The molecule has 2 fully saturated rings. The molecule has 2 unspecified atom stereocenters. The van der Waals surface area contributed by atoms with Crippen molar-refractivity contribution in [3.63, 3.8) is 0 Å². The largest absolute Gasteiger partial charge is 0.482 e. The lowest BCUT2D eigenvalue weighted by Crippen LogP contribution is -2.49. The lowest BCUT2D eigenvalue weighted by Gasteiger charge is -2.36. The Hall–Kier alpha value is -0.970. The summed E-state index contributed by atoms with van der Waals surface area (Å²) >= 11 is 11.9. The molecule has 0 aromatic heterocycles. The van der Waals surface area contributed by atoms with Gasteiger partial charge in [0, 0.05) is 23.1 Å². The SMILES string of the molecule is CN1C2CCC1CC(NC(=O)COc1ccc(Cl)cc1Cl)C2. The summed E-state index contributed by atoms with van der Waals surface area (Å²) in [5.41, 5.74) is 0. The molecule has 2 saturated heterocycles. The summed E-state index contributed by atoms with van der Waals surface area (Å²) in [5, 5.41) is 4.04. The monoisotopic (exact) mass is 342 g/mol. The van der Waals surface area contributed by atoms with Crippen LogP contribution >= 0.6 is 23.2 Å². The number of ether oxygens (including phenoxy) is 1. The number of rotatable bonds is 4. The van der Waals surface area contributed by atoms with Crippen LogP contribution < -0.4 is 10.1 Å². The number of carbonyl (C=O) groups is 1. The van der Waals surface area contributed by atoms with Gasteiger partial charge in [0.1, 0.15) is 5.75 Å². The van der Waals surface area contributed by atoms with E-state index in [1.165, 1.54) is 12.8 Å². The molecule has 0 radical (unpaired) electrons. The zero-order valence-corrected chi connectivity index (χ0v) is 14.0. The Balaban J connectivity index is 1.49. The zero-order valence-electron chi connectivity index (χ0n) is 12.5. The molecule has 1 N–H and O–H groups in total. The summed E-state index contributed by atoms with van der Waals surface area (Å²) in [5.74, 6) is 0.379. The van der Waals surface area contributed by atoms with Crippen molar-refractivity contribution in [1.82, 2.24) is 10.2 Å². The van der Waals surface area contributed by atoms with E-state index in [0.29, 0.717) is 27.9 Å². The van der Waals surface area contributed by atoms with E-state index >= 15 is 0 Å². The van der Waals surface area contributed by atoms with Crippen molar-refractivity contribution in [1.29, 1.82) is 0 Å². The van der Waals surface area contributed by atoms with Crippen LogP contribution in [0.5, 0.6) is 5.75 Å². The first-order valence-electron chi connectivity index (χ1n) is 7.62. The molecule has 0 saturated carbocycles. The van der Waals surface area contributed by atoms with Crippen molar-refractivity contribution >= 4 is 29.1 Å². The van der Waals surface area contributed by atoms with E-state index in [1.807, 2.05) is 0 Å². The Morgan fingerprint density at radius 1 is 1.32 bits per heavy atom. The first-order valence-corrected chi connectivity index (χ1v) is 8.37. The van der Waals surface area contributed by atoms with Crippen molar-refractivity contribution in [3.05, 3.63) is 28.2 Å². The van der Waals surface area contributed by atoms with Gasteiger partial charge in [0.05, 0.1) is 5.02 Å². The molecule has 22 heavy (non-hydrogen) atoms. The molecule has 2 heterocycles. The van der Waals surface area contributed by atoms with Crippen molar-refractivity contribution < 1.29 is 9.53 Å². The maximum absolute atomic E-state index is 12.1. The molecule has 3 rings (SSSR count). The molecule has 1 amide bonds. The molecule has 2 aliphatic rings. The summed E-state index contributed by atoms with van der Waals surface area (Å²) in [7, 11) is 2.19. The molecule has 2 atom stereocenters. The lowest BCUT2D eigenvalue weighted by atomic mass is 9.98. The summed E-state index contributed by atoms with van der Waals surface area (Å²) < 4.78 is 5.47. The van der Waals surface area contributed by atoms with E-state index in [9.17, 15) is 4.79 Å². The summed E-state index contributed by atoms with van der Waals surface area (Å²) in [4.78, 5) is 14.5. The van der Waals surface area contributed by atoms with Crippen LogP contribution in [0.3, 0.4) is 0 Å². The fourth-order valence-corrected chi connectivity index (χ4v) is 4.00. The number of carbonyl (C=O) groups excluding carboxylic acids is 1. The van der Waals surface area contributed by atoms with Gasteiger partial charge in [0.25, 0.3) is 5.91 Å². The second-order valence-electron chi connectivity index (χ2n) is 6.15. The van der Waals surface area contributed by atoms with Gasteiger partial charge >= 0.3 is 0 Å². The smallest absolute Gasteiger partial charge is 0.258 e. The van der Waals surface area contributed by atoms with E-state index in [-0.39, 0.29) is 18.6 Å². The quantitative estimate of drug-likeness (QED) is 0.913. The molecule has 120 valence electrons. The Morgan fingerprint density at radius 2 is 2.00 bits per heavy atom. The molecule has 1 aromatic rings. The van der Waals surface area contributed by atoms with Crippen LogP contribution in [0.15, 0.2) is 18.2 Å². The third-order valence-electron chi connectivity index (χ3n) is 4.72. The molecular formula is C16H20Cl2N2O2. The number of hydrogen-bond acceptors (Lipinski definition) is 3. The molecule has 0 spiro atoms. The number of piperidine rings is 1. The molecule has 2 aliphatic heterocycles. The molecule has 0 aliphatic carbocycles. The minimum atomic E-state index is -0.0973. The lowest BCUT2D eigenvalue weighted by molar-refractivity contribution is -0.124. The van der Waals surface area contributed by atoms with E-state index in [1.54, 1.807) is 18.2 Å². The van der Waals surface area contributed by atoms with Gasteiger partial charge in [-0.25, -0.2) is 0 Å². The van der Waals surface area contributed by atoms with Crippen molar-refractivity contribution in [2.75, 3.05) is 13.7 Å². The van der Waals surface area contributed by atoms with E-state index < -0.39 is 0 Å². The van der Waals surface area contributed by atoms with Gasteiger partial charge < -0.3 is 15.0 Å². The summed E-state index contributed by atoms with van der Waals surface area (Å²) in [6, 6.07) is 6.44. The van der Waals surface area contributed by atoms with Gasteiger partial charge in [0.15, 0.2) is 6.61 Å². The summed E-state index contributed by atoms with van der Waals surface area (Å²) in [6.45, 7) is -0.0248. The second-order valence-corrected chi connectivity index (χ2v) is 6.99. The van der Waals surface area contributed by atoms with Crippen LogP contribution in [0.4, 0.5) is 0 Å². The third kappa shape index (κ3) is 3.50. The fraction of sp³-hybridized carbons (Fsp3) is 0.562. The average molecular weight is 343 g/mol. The van der Waals surface area contributed by atoms with Crippen LogP contribution in [-0.4, -0.2) is 42.6 Å². The van der Waals surface area contributed by atoms with Crippen molar-refractivity contribution in [2.45, 2.75) is 43.8 Å². The molecule has 1 aromatic carbocycles. The van der Waals surface area contributed by atoms with Gasteiger partial charge in [-0.1, -0.05) is 23.2 Å². The van der Waals surface area contributed by atoms with Crippen molar-refractivity contribution in [3.8, 4) is 5.75 Å². The number of nitrogens with zero attached hydrogens (tertiary/aromatic N) is 1. The average Bonchev–Trinajstić information content (AvgIpc) is 2.69. The summed E-state index contributed by atoms with van der Waals surface area (Å²) in [6.07, 6.45) is 4.54. The van der Waals surface area contributed by atoms with Crippen molar-refractivity contribution in [2.24, 2.45) is 0 Å². The first-order chi connectivity index (χ1) is 10.5. The fourth-order valence-electron chi connectivity index (χ4n) is 3.53. The highest BCUT2D eigenvalue weighted by atomic mass is 35.5. The van der Waals surface area contributed by atoms with Gasteiger partial charge in [0.2, 0.25) is 0 Å². The second kappa shape index (κ2) is 6.65. The maximum Gasteiger partial charge on any atom is 0.258 e. The van der Waals surface area contributed by atoms with Gasteiger partial charge in [-0.05, 0) is 50.9 Å². The van der Waals surface area contributed by atoms with Crippen LogP contribution in [0.1, 0.15) is 25.7 Å². The Labute approximate surface area is 140 Å². The number of hydrogen-bond donors (Lipinski definition) is 1. The number of amides is 1. The van der Waals surface area contributed by atoms with Crippen LogP contribution in [0, 0.1) is 0 Å². The zero-order chi connectivity index (χ0) is 15.7. The highest BCUT2D eigenvalue weighted by Gasteiger charge is 2.38. The number of halogens is 2. The number of nitrogens with one attached hydrogen (secondary N) is 1. The van der Waals surface area contributed by atoms with E-state index in [0.717, 1.165) is 12.8 Å². The predicted molar refractivity (Wildman–Crippen MR) is 87.7 cm³/mol. The normalized spacial score (nSPS) is 27.7. The first kappa shape index (κ1) is 15.9. The predicted octanol–water partition coefficient (Wildman–Crippen LogP) is 3.11. The van der Waals surface area contributed by atoms with Gasteiger partial charge in [-0.15, -0.1) is 0 Å². The van der Waals surface area contributed by atoms with Gasteiger partial charge in [-0.2, -0.15) is 0 Å². The van der Waals surface area contributed by atoms with E-state index in [2.05, 4.69) is 17.3 Å². The number of fused-ring (bicyclic) bond motifs is 2. The Morgan fingerprint density at radius 3 is 2.64 bits per heavy atom. The topological polar surface area (TPSA) is 41.6 Å². The van der Waals surface area contributed by atoms with Crippen LogP contribution in [-0.2, 0) is 4.79 Å². The number of benzene rings is 1. The maximum atomic E-state index is 12.1. The highest BCUT2D eigenvalue weighted by Crippen LogP contribution is 2.34. The standard InChI is InChI=1S/C16H20Cl2N2O2/c1-20-12-3-4-13(20)8-11(7-12)19-16(21)9-22-15-5-2-10(17)6-14(15)18/h2,5-6,11-13H,3-4,7-9H2,1H3,(H,19,21). The third-order valence-corrected chi connectivity index (χ3v) is 5.25. The highest BCUT2D eigenvalue weighted by molar-refractivity contribution is 6.35. The van der Waals surface area contributed by atoms with E-state index in [4.69, 9.17) is 27.9 Å².